The minimum Gasteiger partial charge on any atom is -0.472 e. The Morgan fingerprint density at radius 1 is 1.14 bits per heavy atom. The molecule has 116 valence electrons. The Labute approximate surface area is 129 Å². The van der Waals surface area contributed by atoms with Crippen LogP contribution in [0.1, 0.15) is 31.6 Å². The second-order valence-corrected chi connectivity index (χ2v) is 5.43. The quantitative estimate of drug-likeness (QED) is 0.869. The molecule has 0 bridgehead atoms. The Morgan fingerprint density at radius 2 is 1.82 bits per heavy atom. The van der Waals surface area contributed by atoms with Crippen LogP contribution in [0.3, 0.4) is 0 Å². The van der Waals surface area contributed by atoms with Crippen molar-refractivity contribution in [1.29, 1.82) is 0 Å². The van der Waals surface area contributed by atoms with E-state index >= 15 is 0 Å². The number of pyridine rings is 1. The molecular formula is C16H19FN4O. The molecule has 1 unspecified atom stereocenters. The first-order chi connectivity index (χ1) is 10.7. The summed E-state index contributed by atoms with van der Waals surface area (Å²) in [5.41, 5.74) is 0. The van der Waals surface area contributed by atoms with Crippen LogP contribution in [-0.4, -0.2) is 39.0 Å². The summed E-state index contributed by atoms with van der Waals surface area (Å²) in [6, 6.07) is 4.92. The zero-order chi connectivity index (χ0) is 15.4. The lowest BCUT2D eigenvalue weighted by molar-refractivity contribution is 0.0718. The molecule has 3 rings (SSSR count). The highest BCUT2D eigenvalue weighted by molar-refractivity contribution is 5.13. The van der Waals surface area contributed by atoms with Crippen molar-refractivity contribution in [3.8, 4) is 5.88 Å². The number of hydrogen-bond acceptors (Lipinski definition) is 5. The molecule has 1 atom stereocenters. The van der Waals surface area contributed by atoms with E-state index in [0.717, 1.165) is 31.8 Å². The molecule has 0 amide bonds. The number of nitrogens with zero attached hydrogens (tertiary/aromatic N) is 4. The van der Waals surface area contributed by atoms with Gasteiger partial charge in [-0.25, -0.2) is 19.3 Å². The standard InChI is InChI=1S/C16H19FN4O/c1-12(15-18-8-3-9-19-15)21-10-5-13(6-11-21)22-16-14(17)4-2-7-20-16/h2-4,7-9,12-13H,5-6,10-11H2,1H3. The molecular weight excluding hydrogens is 283 g/mol. The maximum Gasteiger partial charge on any atom is 0.250 e. The fourth-order valence-corrected chi connectivity index (χ4v) is 2.69. The van der Waals surface area contributed by atoms with Gasteiger partial charge in [0.25, 0.3) is 5.88 Å². The molecule has 0 N–H and O–H groups in total. The van der Waals surface area contributed by atoms with Crippen LogP contribution in [0.5, 0.6) is 5.88 Å². The van der Waals surface area contributed by atoms with Crippen LogP contribution in [0, 0.1) is 5.82 Å². The average molecular weight is 302 g/mol. The Kier molecular flexibility index (Phi) is 4.58. The number of likely N-dealkylation sites (tertiary alicyclic amines) is 1. The van der Waals surface area contributed by atoms with Gasteiger partial charge in [0.1, 0.15) is 11.9 Å². The first-order valence-corrected chi connectivity index (χ1v) is 7.52. The highest BCUT2D eigenvalue weighted by Crippen LogP contribution is 2.24. The lowest BCUT2D eigenvalue weighted by Crippen LogP contribution is -2.40. The molecule has 0 saturated carbocycles. The molecule has 1 fully saturated rings. The van der Waals surface area contributed by atoms with E-state index < -0.39 is 5.82 Å². The van der Waals surface area contributed by atoms with Crippen molar-refractivity contribution in [1.82, 2.24) is 19.9 Å². The summed E-state index contributed by atoms with van der Waals surface area (Å²) in [5, 5.41) is 0. The van der Waals surface area contributed by atoms with Crippen LogP contribution in [0.4, 0.5) is 4.39 Å². The minimum atomic E-state index is -0.406. The van der Waals surface area contributed by atoms with Crippen LogP contribution < -0.4 is 4.74 Å². The summed E-state index contributed by atoms with van der Waals surface area (Å²) in [6.45, 7) is 3.85. The summed E-state index contributed by atoms with van der Waals surface area (Å²) in [7, 11) is 0. The number of ether oxygens (including phenoxy) is 1. The number of piperidine rings is 1. The fourth-order valence-electron chi connectivity index (χ4n) is 2.69. The summed E-state index contributed by atoms with van der Waals surface area (Å²) in [5.74, 6) is 0.522. The molecule has 5 nitrogen and oxygen atoms in total. The number of halogens is 1. The Hall–Kier alpha value is -2.08. The monoisotopic (exact) mass is 302 g/mol. The molecule has 1 aliphatic heterocycles. The van der Waals surface area contributed by atoms with Crippen molar-refractivity contribution >= 4 is 0 Å². The van der Waals surface area contributed by atoms with E-state index in [0.29, 0.717) is 0 Å². The van der Waals surface area contributed by atoms with Crippen molar-refractivity contribution in [2.24, 2.45) is 0 Å². The van der Waals surface area contributed by atoms with E-state index in [4.69, 9.17) is 4.74 Å². The Morgan fingerprint density at radius 3 is 2.50 bits per heavy atom. The molecule has 2 aromatic rings. The molecule has 1 saturated heterocycles. The van der Waals surface area contributed by atoms with Crippen LogP contribution in [-0.2, 0) is 0 Å². The van der Waals surface area contributed by atoms with Crippen LogP contribution >= 0.6 is 0 Å². The summed E-state index contributed by atoms with van der Waals surface area (Å²) >= 11 is 0. The molecule has 1 aliphatic rings. The first kappa shape index (κ1) is 14.8. The summed E-state index contributed by atoms with van der Waals surface area (Å²) in [6.07, 6.45) is 6.75. The molecule has 0 radical (unpaired) electrons. The van der Waals surface area contributed by atoms with Gasteiger partial charge in [-0.15, -0.1) is 0 Å². The molecule has 22 heavy (non-hydrogen) atoms. The van der Waals surface area contributed by atoms with Gasteiger partial charge in [-0.05, 0) is 38.0 Å². The molecule has 0 aliphatic carbocycles. The third-order valence-electron chi connectivity index (χ3n) is 3.99. The largest absolute Gasteiger partial charge is 0.472 e. The summed E-state index contributed by atoms with van der Waals surface area (Å²) < 4.78 is 19.2. The minimum absolute atomic E-state index is 0.00421. The van der Waals surface area contributed by atoms with E-state index in [1.54, 1.807) is 24.7 Å². The smallest absolute Gasteiger partial charge is 0.250 e. The predicted molar refractivity (Wildman–Crippen MR) is 79.9 cm³/mol. The van der Waals surface area contributed by atoms with Gasteiger partial charge in [0.2, 0.25) is 0 Å². The van der Waals surface area contributed by atoms with Crippen LogP contribution in [0.2, 0.25) is 0 Å². The molecule has 6 heteroatoms. The van der Waals surface area contributed by atoms with E-state index in [-0.39, 0.29) is 18.0 Å². The van der Waals surface area contributed by atoms with Crippen LogP contribution in [0.25, 0.3) is 0 Å². The van der Waals surface area contributed by atoms with E-state index in [1.807, 2.05) is 6.07 Å². The van der Waals surface area contributed by atoms with Gasteiger partial charge >= 0.3 is 0 Å². The zero-order valence-electron chi connectivity index (χ0n) is 12.5. The second kappa shape index (κ2) is 6.79. The van der Waals surface area contributed by atoms with E-state index in [1.165, 1.54) is 6.07 Å². The lowest BCUT2D eigenvalue weighted by atomic mass is 10.1. The predicted octanol–water partition coefficient (Wildman–Crippen LogP) is 2.62. The zero-order valence-corrected chi connectivity index (χ0v) is 12.5. The maximum absolute atomic E-state index is 13.6. The third-order valence-corrected chi connectivity index (χ3v) is 3.99. The lowest BCUT2D eigenvalue weighted by Gasteiger charge is -2.35. The fraction of sp³-hybridized carbons (Fsp3) is 0.438. The van der Waals surface area contributed by atoms with Crippen molar-refractivity contribution < 1.29 is 9.13 Å². The average Bonchev–Trinajstić information content (AvgIpc) is 2.58. The van der Waals surface area contributed by atoms with Gasteiger partial charge in [-0.2, -0.15) is 0 Å². The molecule has 2 aromatic heterocycles. The highest BCUT2D eigenvalue weighted by Gasteiger charge is 2.26. The van der Waals surface area contributed by atoms with Crippen molar-refractivity contribution in [3.63, 3.8) is 0 Å². The highest BCUT2D eigenvalue weighted by atomic mass is 19.1. The number of rotatable bonds is 4. The van der Waals surface area contributed by atoms with Gasteiger partial charge in [0.15, 0.2) is 5.82 Å². The number of aromatic nitrogens is 3. The number of hydrogen-bond donors (Lipinski definition) is 0. The van der Waals surface area contributed by atoms with Crippen LogP contribution in [0.15, 0.2) is 36.8 Å². The molecule has 0 spiro atoms. The maximum atomic E-state index is 13.6. The topological polar surface area (TPSA) is 51.1 Å². The second-order valence-electron chi connectivity index (χ2n) is 5.43. The van der Waals surface area contributed by atoms with E-state index in [9.17, 15) is 4.39 Å². The third kappa shape index (κ3) is 3.39. The summed E-state index contributed by atoms with van der Waals surface area (Å²) in [4.78, 5) is 14.9. The van der Waals surface area contributed by atoms with E-state index in [2.05, 4.69) is 26.8 Å². The van der Waals surface area contributed by atoms with Crippen molar-refractivity contribution in [2.75, 3.05) is 13.1 Å². The van der Waals surface area contributed by atoms with Crippen molar-refractivity contribution in [3.05, 3.63) is 48.4 Å². The Bertz CT molecular complexity index is 602. The Balaban J connectivity index is 1.55. The molecule has 3 heterocycles. The van der Waals surface area contributed by atoms with Gasteiger partial charge < -0.3 is 4.74 Å². The first-order valence-electron chi connectivity index (χ1n) is 7.52. The van der Waals surface area contributed by atoms with Gasteiger partial charge in [-0.3, -0.25) is 4.90 Å². The van der Waals surface area contributed by atoms with Crippen molar-refractivity contribution in [2.45, 2.75) is 31.9 Å². The van der Waals surface area contributed by atoms with Gasteiger partial charge in [-0.1, -0.05) is 0 Å². The van der Waals surface area contributed by atoms with Gasteiger partial charge in [0.05, 0.1) is 6.04 Å². The normalized spacial score (nSPS) is 18.1. The SMILES string of the molecule is CC(c1ncccn1)N1CCC(Oc2ncccc2F)CC1. The van der Waals surface area contributed by atoms with Gasteiger partial charge in [0, 0.05) is 31.7 Å². The molecule has 0 aromatic carbocycles.